The van der Waals surface area contributed by atoms with Gasteiger partial charge < -0.3 is 9.47 Å². The Morgan fingerprint density at radius 1 is 1.36 bits per heavy atom. The fourth-order valence-corrected chi connectivity index (χ4v) is 0.742. The van der Waals surface area contributed by atoms with Crippen molar-refractivity contribution in [2.24, 2.45) is 0 Å². The topological polar surface area (TPSA) is 47.6 Å². The Bertz CT molecular complexity index is 110. The minimum Gasteiger partial charge on any atom is -0.332 e. The third-order valence-electron chi connectivity index (χ3n) is 1.22. The van der Waals surface area contributed by atoms with E-state index in [0.717, 1.165) is 0 Å². The zero-order valence-corrected chi connectivity index (χ0v) is 7.22. The minimum absolute atomic E-state index is 0.430. The Morgan fingerprint density at radius 2 is 1.82 bits per heavy atom. The summed E-state index contributed by atoms with van der Waals surface area (Å²) >= 11 is 0. The lowest BCUT2D eigenvalue weighted by Crippen LogP contribution is -2.49. The van der Waals surface area contributed by atoms with Gasteiger partial charge in [-0.1, -0.05) is 0 Å². The van der Waals surface area contributed by atoms with Crippen LogP contribution in [0.1, 0.15) is 13.8 Å². The standard InChI is InChI=1S/C7H15NO3/c1-4-10-7(6-9,8-3)11-5-2/h6,8H,4-5H2,1-3H3. The van der Waals surface area contributed by atoms with E-state index in [1.165, 1.54) is 0 Å². The highest BCUT2D eigenvalue weighted by molar-refractivity contribution is 5.59. The number of likely N-dealkylation sites (N-methyl/N-ethyl adjacent to an activating group) is 1. The molecule has 0 aromatic rings. The van der Waals surface area contributed by atoms with Gasteiger partial charge in [0.2, 0.25) is 0 Å². The molecule has 0 aliphatic rings. The lowest BCUT2D eigenvalue weighted by Gasteiger charge is -2.26. The molecule has 4 nitrogen and oxygen atoms in total. The number of ether oxygens (including phenoxy) is 2. The van der Waals surface area contributed by atoms with Gasteiger partial charge in [0.05, 0.1) is 0 Å². The van der Waals surface area contributed by atoms with E-state index in [1.807, 2.05) is 0 Å². The largest absolute Gasteiger partial charge is 0.332 e. The number of aldehydes is 1. The van der Waals surface area contributed by atoms with Crippen molar-refractivity contribution in [2.75, 3.05) is 20.3 Å². The molecular formula is C7H15NO3. The van der Waals surface area contributed by atoms with Gasteiger partial charge in [-0.25, -0.2) is 0 Å². The molecule has 0 spiro atoms. The maximum absolute atomic E-state index is 10.5. The van der Waals surface area contributed by atoms with E-state index in [-0.39, 0.29) is 0 Å². The predicted octanol–water partition coefficient (Wildman–Crippen LogP) is 0.131. The second-order valence-corrected chi connectivity index (χ2v) is 1.90. The normalized spacial score (nSPS) is 11.5. The maximum Gasteiger partial charge on any atom is 0.286 e. The first kappa shape index (κ1) is 10.6. The summed E-state index contributed by atoms with van der Waals surface area (Å²) in [5.74, 6) is -1.25. The molecule has 0 aliphatic heterocycles. The number of rotatable bonds is 6. The van der Waals surface area contributed by atoms with Crippen LogP contribution in [0.15, 0.2) is 0 Å². The molecule has 1 N–H and O–H groups in total. The first-order valence-electron chi connectivity index (χ1n) is 3.67. The molecule has 11 heavy (non-hydrogen) atoms. The van der Waals surface area contributed by atoms with Crippen molar-refractivity contribution in [2.45, 2.75) is 19.8 Å². The highest BCUT2D eigenvalue weighted by Gasteiger charge is 2.28. The predicted molar refractivity (Wildman–Crippen MR) is 41.1 cm³/mol. The van der Waals surface area contributed by atoms with Crippen molar-refractivity contribution in [1.82, 2.24) is 5.32 Å². The highest BCUT2D eigenvalue weighted by atomic mass is 16.7. The molecule has 0 rings (SSSR count). The lowest BCUT2D eigenvalue weighted by molar-refractivity contribution is -0.228. The van der Waals surface area contributed by atoms with Crippen LogP contribution in [-0.2, 0) is 14.3 Å². The van der Waals surface area contributed by atoms with Crippen LogP contribution < -0.4 is 5.32 Å². The molecule has 0 atom stereocenters. The van der Waals surface area contributed by atoms with E-state index in [1.54, 1.807) is 20.9 Å². The number of hydrogen-bond acceptors (Lipinski definition) is 4. The fraction of sp³-hybridized carbons (Fsp3) is 0.857. The van der Waals surface area contributed by atoms with Gasteiger partial charge >= 0.3 is 0 Å². The van der Waals surface area contributed by atoms with Crippen LogP contribution in [0.2, 0.25) is 0 Å². The van der Waals surface area contributed by atoms with Crippen molar-refractivity contribution < 1.29 is 14.3 Å². The summed E-state index contributed by atoms with van der Waals surface area (Å²) in [5, 5.41) is 2.65. The van der Waals surface area contributed by atoms with Crippen LogP contribution in [0.5, 0.6) is 0 Å². The Balaban J connectivity index is 4.07. The van der Waals surface area contributed by atoms with Gasteiger partial charge in [0, 0.05) is 13.2 Å². The summed E-state index contributed by atoms with van der Waals surface area (Å²) in [6.45, 7) is 4.46. The molecule has 0 saturated carbocycles. The summed E-state index contributed by atoms with van der Waals surface area (Å²) in [6.07, 6.45) is 0.611. The summed E-state index contributed by atoms with van der Waals surface area (Å²) in [7, 11) is 1.61. The quantitative estimate of drug-likeness (QED) is 0.444. The van der Waals surface area contributed by atoms with Crippen LogP contribution >= 0.6 is 0 Å². The van der Waals surface area contributed by atoms with Gasteiger partial charge in [-0.05, 0) is 20.9 Å². The first-order valence-corrected chi connectivity index (χ1v) is 3.67. The van der Waals surface area contributed by atoms with Crippen LogP contribution in [0.3, 0.4) is 0 Å². The fourth-order valence-electron chi connectivity index (χ4n) is 0.742. The molecule has 0 aliphatic carbocycles. The summed E-state index contributed by atoms with van der Waals surface area (Å²) in [4.78, 5) is 10.5. The molecule has 0 saturated heterocycles. The smallest absolute Gasteiger partial charge is 0.286 e. The molecule has 0 amide bonds. The van der Waals surface area contributed by atoms with Gasteiger partial charge in [0.1, 0.15) is 0 Å². The monoisotopic (exact) mass is 161 g/mol. The number of carbonyl (C=O) groups is 1. The first-order chi connectivity index (χ1) is 5.24. The Morgan fingerprint density at radius 3 is 2.00 bits per heavy atom. The van der Waals surface area contributed by atoms with Gasteiger partial charge in [-0.15, -0.1) is 0 Å². The van der Waals surface area contributed by atoms with Crippen molar-refractivity contribution in [3.05, 3.63) is 0 Å². The Hall–Kier alpha value is -0.450. The molecule has 0 aromatic heterocycles. The van der Waals surface area contributed by atoms with Crippen molar-refractivity contribution >= 4 is 6.29 Å². The van der Waals surface area contributed by atoms with E-state index in [2.05, 4.69) is 5.32 Å². The van der Waals surface area contributed by atoms with Crippen LogP contribution in [0.4, 0.5) is 0 Å². The maximum atomic E-state index is 10.5. The molecule has 66 valence electrons. The van der Waals surface area contributed by atoms with E-state index in [0.29, 0.717) is 19.5 Å². The van der Waals surface area contributed by atoms with Crippen molar-refractivity contribution in [1.29, 1.82) is 0 Å². The SMILES string of the molecule is CCOC(C=O)(NC)OCC. The van der Waals surface area contributed by atoms with E-state index >= 15 is 0 Å². The Kier molecular flexibility index (Phi) is 5.02. The van der Waals surface area contributed by atoms with Crippen LogP contribution in [0.25, 0.3) is 0 Å². The summed E-state index contributed by atoms with van der Waals surface area (Å²) < 4.78 is 10.1. The third-order valence-corrected chi connectivity index (χ3v) is 1.22. The molecule has 0 bridgehead atoms. The zero-order valence-electron chi connectivity index (χ0n) is 7.22. The highest BCUT2D eigenvalue weighted by Crippen LogP contribution is 2.04. The molecular weight excluding hydrogens is 146 g/mol. The minimum atomic E-state index is -1.25. The lowest BCUT2D eigenvalue weighted by atomic mass is 10.5. The zero-order chi connectivity index (χ0) is 8.74. The Labute approximate surface area is 66.9 Å². The molecule has 0 heterocycles. The third kappa shape index (κ3) is 2.96. The average Bonchev–Trinajstić information content (AvgIpc) is 2.04. The number of nitrogens with one attached hydrogen (secondary N) is 1. The summed E-state index contributed by atoms with van der Waals surface area (Å²) in [6, 6.07) is 0. The summed E-state index contributed by atoms with van der Waals surface area (Å²) in [5.41, 5.74) is 0. The number of hydrogen-bond donors (Lipinski definition) is 1. The van der Waals surface area contributed by atoms with Crippen molar-refractivity contribution in [3.63, 3.8) is 0 Å². The number of carbonyl (C=O) groups excluding carboxylic acids is 1. The molecule has 0 aromatic carbocycles. The second-order valence-electron chi connectivity index (χ2n) is 1.90. The van der Waals surface area contributed by atoms with Crippen LogP contribution in [0, 0.1) is 0 Å². The molecule has 0 unspecified atom stereocenters. The van der Waals surface area contributed by atoms with E-state index in [4.69, 9.17) is 9.47 Å². The van der Waals surface area contributed by atoms with Crippen LogP contribution in [-0.4, -0.2) is 32.5 Å². The van der Waals surface area contributed by atoms with E-state index < -0.39 is 5.91 Å². The van der Waals surface area contributed by atoms with E-state index in [9.17, 15) is 4.79 Å². The second kappa shape index (κ2) is 5.23. The molecule has 0 radical (unpaired) electrons. The molecule has 4 heteroatoms. The van der Waals surface area contributed by atoms with Crippen molar-refractivity contribution in [3.8, 4) is 0 Å². The van der Waals surface area contributed by atoms with Gasteiger partial charge in [0.25, 0.3) is 5.91 Å². The van der Waals surface area contributed by atoms with Gasteiger partial charge in [-0.2, -0.15) is 0 Å². The average molecular weight is 161 g/mol. The van der Waals surface area contributed by atoms with Gasteiger partial charge in [-0.3, -0.25) is 10.1 Å². The van der Waals surface area contributed by atoms with Gasteiger partial charge in [0.15, 0.2) is 6.29 Å². The molecule has 0 fully saturated rings.